The normalized spacial score (nSPS) is 25.5. The molecule has 0 aliphatic carbocycles. The van der Waals surface area contributed by atoms with Crippen LogP contribution in [0.3, 0.4) is 0 Å². The summed E-state index contributed by atoms with van der Waals surface area (Å²) >= 11 is 0. The van der Waals surface area contributed by atoms with Crippen LogP contribution in [0.4, 0.5) is 5.69 Å². The maximum absolute atomic E-state index is 11.7. The van der Waals surface area contributed by atoms with Crippen molar-refractivity contribution in [1.82, 2.24) is 0 Å². The molecule has 102 valence electrons. The number of carbonyl (C=O) groups is 2. The number of aryl methyl sites for hydroxylation is 2. The van der Waals surface area contributed by atoms with Gasteiger partial charge in [-0.15, -0.1) is 0 Å². The predicted octanol–water partition coefficient (Wildman–Crippen LogP) is 2.22. The van der Waals surface area contributed by atoms with Gasteiger partial charge in [0.15, 0.2) is 0 Å². The second kappa shape index (κ2) is 4.68. The van der Waals surface area contributed by atoms with Gasteiger partial charge in [-0.1, -0.05) is 18.2 Å². The van der Waals surface area contributed by atoms with Gasteiger partial charge in [0.25, 0.3) is 0 Å². The van der Waals surface area contributed by atoms with Crippen LogP contribution >= 0.6 is 0 Å². The van der Waals surface area contributed by atoms with Gasteiger partial charge in [0, 0.05) is 12.2 Å². The minimum atomic E-state index is -0.615. The molecule has 4 nitrogen and oxygen atoms in total. The van der Waals surface area contributed by atoms with Gasteiger partial charge in [0.2, 0.25) is 6.41 Å². The summed E-state index contributed by atoms with van der Waals surface area (Å²) in [5.74, 6) is -0.238. The molecule has 1 amide bonds. The number of amides is 1. The zero-order valence-corrected chi connectivity index (χ0v) is 11.8. The topological polar surface area (TPSA) is 46.6 Å². The highest BCUT2D eigenvalue weighted by atomic mass is 16.6. The number of anilines is 1. The van der Waals surface area contributed by atoms with Crippen molar-refractivity contribution in [3.63, 3.8) is 0 Å². The van der Waals surface area contributed by atoms with Crippen molar-refractivity contribution in [3.8, 4) is 0 Å². The standard InChI is InChI=1S/C15H19NO3/c1-10-6-5-7-11(2)13(10)16(9-17)8-15(4)12(3)19-14(15)18/h5-7,9,12H,8H2,1-4H3. The van der Waals surface area contributed by atoms with Crippen molar-refractivity contribution in [2.24, 2.45) is 5.41 Å². The Morgan fingerprint density at radius 2 is 1.95 bits per heavy atom. The zero-order chi connectivity index (χ0) is 14.2. The lowest BCUT2D eigenvalue weighted by Gasteiger charge is -2.44. The van der Waals surface area contributed by atoms with E-state index in [1.165, 1.54) is 0 Å². The van der Waals surface area contributed by atoms with Crippen molar-refractivity contribution < 1.29 is 14.3 Å². The molecule has 0 N–H and O–H groups in total. The minimum absolute atomic E-state index is 0.160. The molecular weight excluding hydrogens is 242 g/mol. The predicted molar refractivity (Wildman–Crippen MR) is 73.0 cm³/mol. The van der Waals surface area contributed by atoms with Crippen LogP contribution < -0.4 is 4.90 Å². The lowest BCUT2D eigenvalue weighted by atomic mass is 9.79. The number of benzene rings is 1. The van der Waals surface area contributed by atoms with Crippen molar-refractivity contribution >= 4 is 18.1 Å². The summed E-state index contributed by atoms with van der Waals surface area (Å²) in [5.41, 5.74) is 2.31. The average molecular weight is 261 g/mol. The molecule has 0 aromatic heterocycles. The Balaban J connectivity index is 2.31. The summed E-state index contributed by atoms with van der Waals surface area (Å²) in [4.78, 5) is 24.7. The van der Waals surface area contributed by atoms with Crippen molar-refractivity contribution in [2.45, 2.75) is 33.8 Å². The highest BCUT2D eigenvalue weighted by molar-refractivity contribution is 5.86. The van der Waals surface area contributed by atoms with Crippen LogP contribution in [0.25, 0.3) is 0 Å². The number of hydrogen-bond donors (Lipinski definition) is 0. The lowest BCUT2D eigenvalue weighted by molar-refractivity contribution is -0.198. The SMILES string of the molecule is Cc1cccc(C)c1N(C=O)CC1(C)C(=O)OC1C. The molecule has 1 heterocycles. The maximum atomic E-state index is 11.7. The molecule has 0 spiro atoms. The summed E-state index contributed by atoms with van der Waals surface area (Å²) in [7, 11) is 0. The van der Waals surface area contributed by atoms with E-state index in [2.05, 4.69) is 0 Å². The fourth-order valence-corrected chi connectivity index (χ4v) is 2.51. The van der Waals surface area contributed by atoms with Gasteiger partial charge < -0.3 is 9.64 Å². The number of carbonyl (C=O) groups excluding carboxylic acids is 2. The Bertz CT molecular complexity index is 506. The molecule has 2 atom stereocenters. The average Bonchev–Trinajstić information content (AvgIpc) is 2.37. The first kappa shape index (κ1) is 13.6. The van der Waals surface area contributed by atoms with E-state index in [1.807, 2.05) is 45.9 Å². The van der Waals surface area contributed by atoms with Gasteiger partial charge in [0.05, 0.1) is 0 Å². The summed E-state index contributed by atoms with van der Waals surface area (Å²) in [6, 6.07) is 5.88. The Kier molecular flexibility index (Phi) is 3.35. The number of cyclic esters (lactones) is 1. The molecule has 1 saturated heterocycles. The number of rotatable bonds is 4. The molecular formula is C15H19NO3. The van der Waals surface area contributed by atoms with Crippen LogP contribution in [0.5, 0.6) is 0 Å². The summed E-state index contributed by atoms with van der Waals surface area (Å²) in [6.07, 6.45) is 0.630. The molecule has 1 aromatic rings. The molecule has 2 rings (SSSR count). The lowest BCUT2D eigenvalue weighted by Crippen LogP contribution is -2.58. The van der Waals surface area contributed by atoms with E-state index >= 15 is 0 Å². The molecule has 0 bridgehead atoms. The first-order valence-corrected chi connectivity index (χ1v) is 6.39. The van der Waals surface area contributed by atoms with Gasteiger partial charge in [0.1, 0.15) is 11.5 Å². The molecule has 0 saturated carbocycles. The molecule has 0 radical (unpaired) electrons. The zero-order valence-electron chi connectivity index (χ0n) is 11.8. The third-order valence-corrected chi connectivity index (χ3v) is 4.00. The smallest absolute Gasteiger partial charge is 0.317 e. The number of esters is 1. The second-order valence-corrected chi connectivity index (χ2v) is 5.44. The first-order valence-electron chi connectivity index (χ1n) is 6.39. The quantitative estimate of drug-likeness (QED) is 0.616. The first-order chi connectivity index (χ1) is 8.90. The fraction of sp³-hybridized carbons (Fsp3) is 0.467. The molecule has 1 aromatic carbocycles. The van der Waals surface area contributed by atoms with Gasteiger partial charge >= 0.3 is 5.97 Å². The van der Waals surface area contributed by atoms with E-state index in [0.717, 1.165) is 23.2 Å². The van der Waals surface area contributed by atoms with Crippen LogP contribution in [0.15, 0.2) is 18.2 Å². The largest absolute Gasteiger partial charge is 0.461 e. The Labute approximate surface area is 113 Å². The van der Waals surface area contributed by atoms with Gasteiger partial charge in [-0.2, -0.15) is 0 Å². The summed E-state index contributed by atoms with van der Waals surface area (Å²) in [5, 5.41) is 0. The molecule has 19 heavy (non-hydrogen) atoms. The monoisotopic (exact) mass is 261 g/mol. The van der Waals surface area contributed by atoms with Gasteiger partial charge in [-0.25, -0.2) is 0 Å². The van der Waals surface area contributed by atoms with Crippen LogP contribution in [0.1, 0.15) is 25.0 Å². The van der Waals surface area contributed by atoms with E-state index in [-0.39, 0.29) is 12.1 Å². The van der Waals surface area contributed by atoms with Crippen molar-refractivity contribution in [3.05, 3.63) is 29.3 Å². The van der Waals surface area contributed by atoms with Crippen LogP contribution in [-0.2, 0) is 14.3 Å². The van der Waals surface area contributed by atoms with Gasteiger partial charge in [-0.05, 0) is 38.8 Å². The maximum Gasteiger partial charge on any atom is 0.317 e. The van der Waals surface area contributed by atoms with Crippen molar-refractivity contribution in [2.75, 3.05) is 11.4 Å². The number of para-hydroxylation sites is 1. The molecule has 1 aliphatic rings. The van der Waals surface area contributed by atoms with E-state index < -0.39 is 5.41 Å². The van der Waals surface area contributed by atoms with E-state index in [9.17, 15) is 9.59 Å². The van der Waals surface area contributed by atoms with Gasteiger partial charge in [-0.3, -0.25) is 9.59 Å². The Morgan fingerprint density at radius 1 is 1.37 bits per heavy atom. The van der Waals surface area contributed by atoms with Crippen LogP contribution in [-0.4, -0.2) is 25.0 Å². The van der Waals surface area contributed by atoms with E-state index in [0.29, 0.717) is 6.54 Å². The second-order valence-electron chi connectivity index (χ2n) is 5.44. The van der Waals surface area contributed by atoms with Crippen molar-refractivity contribution in [1.29, 1.82) is 0 Å². The summed E-state index contributed by atoms with van der Waals surface area (Å²) < 4.78 is 5.01. The summed E-state index contributed by atoms with van der Waals surface area (Å²) in [6.45, 7) is 7.97. The third kappa shape index (κ3) is 2.11. The highest BCUT2D eigenvalue weighted by Gasteiger charge is 2.53. The van der Waals surface area contributed by atoms with E-state index in [1.54, 1.807) is 4.90 Å². The fourth-order valence-electron chi connectivity index (χ4n) is 2.51. The molecule has 1 aliphatic heterocycles. The Hall–Kier alpha value is -1.84. The number of nitrogens with zero attached hydrogens (tertiary/aromatic N) is 1. The Morgan fingerprint density at radius 3 is 2.37 bits per heavy atom. The minimum Gasteiger partial charge on any atom is -0.461 e. The molecule has 4 heteroatoms. The van der Waals surface area contributed by atoms with Crippen LogP contribution in [0.2, 0.25) is 0 Å². The molecule has 1 fully saturated rings. The van der Waals surface area contributed by atoms with Crippen LogP contribution in [0, 0.1) is 19.3 Å². The third-order valence-electron chi connectivity index (χ3n) is 4.00. The highest BCUT2D eigenvalue weighted by Crippen LogP contribution is 2.38. The number of hydrogen-bond acceptors (Lipinski definition) is 3. The molecule has 2 unspecified atom stereocenters. The van der Waals surface area contributed by atoms with E-state index in [4.69, 9.17) is 4.74 Å². The number of ether oxygens (including phenoxy) is 1.